The van der Waals surface area contributed by atoms with Gasteiger partial charge in [-0.3, -0.25) is 9.59 Å². The predicted octanol–water partition coefficient (Wildman–Crippen LogP) is 3.46. The van der Waals surface area contributed by atoms with E-state index in [1.807, 2.05) is 41.8 Å². The fourth-order valence-corrected chi connectivity index (χ4v) is 3.36. The number of carbonyl (C=O) groups is 2. The standard InChI is InChI=1S/C21H22N2O5S/c1-14-16(22-21(28-14)18-9-6-10-29-18)11-20(25)27-13-19(24)23(2)12-15-7-4-5-8-17(15)26-3/h4-10H,11-13H2,1-3H3. The lowest BCUT2D eigenvalue weighted by atomic mass is 10.2. The molecule has 1 aromatic carbocycles. The van der Waals surface area contributed by atoms with Crippen LogP contribution in [0.5, 0.6) is 5.75 Å². The number of methoxy groups -OCH3 is 1. The molecule has 3 rings (SSSR count). The second-order valence-corrected chi connectivity index (χ2v) is 7.35. The summed E-state index contributed by atoms with van der Waals surface area (Å²) in [6.07, 6.45) is -0.0514. The molecule has 152 valence electrons. The molecule has 0 spiro atoms. The van der Waals surface area contributed by atoms with E-state index in [1.165, 1.54) is 16.2 Å². The fraction of sp³-hybridized carbons (Fsp3) is 0.286. The summed E-state index contributed by atoms with van der Waals surface area (Å²) >= 11 is 1.51. The van der Waals surface area contributed by atoms with Gasteiger partial charge in [0, 0.05) is 19.2 Å². The van der Waals surface area contributed by atoms with Crippen molar-refractivity contribution in [2.45, 2.75) is 19.9 Å². The van der Waals surface area contributed by atoms with Gasteiger partial charge in [0.1, 0.15) is 11.5 Å². The van der Waals surface area contributed by atoms with Crippen LogP contribution >= 0.6 is 11.3 Å². The summed E-state index contributed by atoms with van der Waals surface area (Å²) in [6.45, 7) is 1.77. The van der Waals surface area contributed by atoms with Crippen LogP contribution in [0.4, 0.5) is 0 Å². The highest BCUT2D eigenvalue weighted by atomic mass is 32.1. The first-order valence-corrected chi connectivity index (χ1v) is 9.87. The number of oxazole rings is 1. The zero-order chi connectivity index (χ0) is 20.8. The van der Waals surface area contributed by atoms with E-state index in [4.69, 9.17) is 13.9 Å². The average Bonchev–Trinajstić information content (AvgIpc) is 3.37. The molecule has 29 heavy (non-hydrogen) atoms. The van der Waals surface area contributed by atoms with Crippen molar-refractivity contribution in [2.75, 3.05) is 20.8 Å². The number of aromatic nitrogens is 1. The van der Waals surface area contributed by atoms with E-state index in [2.05, 4.69) is 4.98 Å². The van der Waals surface area contributed by atoms with Crippen LogP contribution in [-0.4, -0.2) is 42.5 Å². The highest BCUT2D eigenvalue weighted by Gasteiger charge is 2.18. The number of amides is 1. The largest absolute Gasteiger partial charge is 0.496 e. The first-order chi connectivity index (χ1) is 14.0. The topological polar surface area (TPSA) is 81.9 Å². The molecular weight excluding hydrogens is 392 g/mol. The molecule has 2 aromatic heterocycles. The van der Waals surface area contributed by atoms with Crippen LogP contribution < -0.4 is 4.74 Å². The number of esters is 1. The van der Waals surface area contributed by atoms with Crippen LogP contribution in [0, 0.1) is 6.92 Å². The van der Waals surface area contributed by atoms with Crippen molar-refractivity contribution in [2.24, 2.45) is 0 Å². The Kier molecular flexibility index (Phi) is 6.66. The molecule has 0 bridgehead atoms. The summed E-state index contributed by atoms with van der Waals surface area (Å²) in [5.41, 5.74) is 1.38. The van der Waals surface area contributed by atoms with Gasteiger partial charge in [-0.2, -0.15) is 0 Å². The van der Waals surface area contributed by atoms with Crippen LogP contribution in [0.2, 0.25) is 0 Å². The molecule has 0 saturated heterocycles. The SMILES string of the molecule is COc1ccccc1CN(C)C(=O)COC(=O)Cc1nc(-c2cccs2)oc1C. The van der Waals surface area contributed by atoms with E-state index in [1.54, 1.807) is 21.1 Å². The van der Waals surface area contributed by atoms with E-state index in [0.717, 1.165) is 10.4 Å². The monoisotopic (exact) mass is 414 g/mol. The number of likely N-dealkylation sites (N-methyl/N-ethyl adjacent to an activating group) is 1. The molecule has 0 saturated carbocycles. The van der Waals surface area contributed by atoms with E-state index in [0.29, 0.717) is 29.6 Å². The quantitative estimate of drug-likeness (QED) is 0.525. The zero-order valence-corrected chi connectivity index (χ0v) is 17.3. The van der Waals surface area contributed by atoms with Gasteiger partial charge in [0.05, 0.1) is 24.1 Å². The summed E-state index contributed by atoms with van der Waals surface area (Å²) in [5, 5.41) is 1.93. The first-order valence-electron chi connectivity index (χ1n) is 8.99. The Balaban J connectivity index is 1.52. The number of hydrogen-bond donors (Lipinski definition) is 0. The lowest BCUT2D eigenvalue weighted by Gasteiger charge is -2.18. The normalized spacial score (nSPS) is 10.6. The van der Waals surface area contributed by atoms with Crippen LogP contribution in [0.3, 0.4) is 0 Å². The third kappa shape index (κ3) is 5.23. The molecule has 0 unspecified atom stereocenters. The van der Waals surface area contributed by atoms with E-state index in [-0.39, 0.29) is 18.9 Å². The predicted molar refractivity (Wildman–Crippen MR) is 109 cm³/mol. The van der Waals surface area contributed by atoms with Crippen LogP contribution in [0.25, 0.3) is 10.8 Å². The molecule has 7 nitrogen and oxygen atoms in total. The minimum absolute atomic E-state index is 0.0514. The number of hydrogen-bond acceptors (Lipinski definition) is 7. The number of thiophene rings is 1. The summed E-state index contributed by atoms with van der Waals surface area (Å²) in [7, 11) is 3.23. The van der Waals surface area contributed by atoms with Gasteiger partial charge in [0.15, 0.2) is 6.61 Å². The Morgan fingerprint density at radius 3 is 2.72 bits per heavy atom. The number of aryl methyl sites for hydroxylation is 1. The Bertz CT molecular complexity index is 981. The number of nitrogens with zero attached hydrogens (tertiary/aromatic N) is 2. The van der Waals surface area contributed by atoms with Crippen LogP contribution in [0.1, 0.15) is 17.0 Å². The third-order valence-electron chi connectivity index (χ3n) is 4.32. The zero-order valence-electron chi connectivity index (χ0n) is 16.5. The molecule has 8 heteroatoms. The van der Waals surface area contributed by atoms with Crippen molar-refractivity contribution in [3.63, 3.8) is 0 Å². The van der Waals surface area contributed by atoms with E-state index in [9.17, 15) is 9.59 Å². The van der Waals surface area contributed by atoms with Crippen molar-refractivity contribution >= 4 is 23.2 Å². The second-order valence-electron chi connectivity index (χ2n) is 6.40. The molecule has 1 amide bonds. The molecule has 0 fully saturated rings. The van der Waals surface area contributed by atoms with Gasteiger partial charge in [-0.1, -0.05) is 24.3 Å². The average molecular weight is 414 g/mol. The summed E-state index contributed by atoms with van der Waals surface area (Å²) in [5.74, 6) is 0.906. The molecular formula is C21H22N2O5S. The second kappa shape index (κ2) is 9.38. The molecule has 2 heterocycles. The number of benzene rings is 1. The van der Waals surface area contributed by atoms with Crippen molar-refractivity contribution in [1.82, 2.24) is 9.88 Å². The first kappa shape index (κ1) is 20.6. The highest BCUT2D eigenvalue weighted by Crippen LogP contribution is 2.26. The Morgan fingerprint density at radius 1 is 1.21 bits per heavy atom. The van der Waals surface area contributed by atoms with Crippen molar-refractivity contribution in [3.8, 4) is 16.5 Å². The fourth-order valence-electron chi connectivity index (χ4n) is 2.72. The van der Waals surface area contributed by atoms with Gasteiger partial charge in [0.2, 0.25) is 5.89 Å². The summed E-state index contributed by atoms with van der Waals surface area (Å²) in [6, 6.07) is 11.3. The molecule has 0 radical (unpaired) electrons. The number of carbonyl (C=O) groups excluding carboxylic acids is 2. The van der Waals surface area contributed by atoms with Crippen LogP contribution in [-0.2, 0) is 27.3 Å². The van der Waals surface area contributed by atoms with Crippen molar-refractivity contribution in [1.29, 1.82) is 0 Å². The highest BCUT2D eigenvalue weighted by molar-refractivity contribution is 7.13. The Hall–Kier alpha value is -3.13. The van der Waals surface area contributed by atoms with Crippen molar-refractivity contribution < 1.29 is 23.5 Å². The lowest BCUT2D eigenvalue weighted by Crippen LogP contribution is -2.31. The minimum Gasteiger partial charge on any atom is -0.496 e. The maximum absolute atomic E-state index is 12.3. The smallest absolute Gasteiger partial charge is 0.312 e. The van der Waals surface area contributed by atoms with Gasteiger partial charge in [-0.05, 0) is 24.4 Å². The molecule has 0 atom stereocenters. The molecule has 3 aromatic rings. The van der Waals surface area contributed by atoms with E-state index < -0.39 is 5.97 Å². The maximum Gasteiger partial charge on any atom is 0.312 e. The Morgan fingerprint density at radius 2 is 2.00 bits per heavy atom. The summed E-state index contributed by atoms with van der Waals surface area (Å²) in [4.78, 5) is 31.2. The van der Waals surface area contributed by atoms with Crippen molar-refractivity contribution in [3.05, 3.63) is 58.8 Å². The summed E-state index contributed by atoms with van der Waals surface area (Å²) < 4.78 is 16.0. The number of ether oxygens (including phenoxy) is 2. The molecule has 0 aliphatic carbocycles. The van der Waals surface area contributed by atoms with Gasteiger partial charge in [-0.25, -0.2) is 4.98 Å². The van der Waals surface area contributed by atoms with Crippen LogP contribution in [0.15, 0.2) is 46.2 Å². The van der Waals surface area contributed by atoms with E-state index >= 15 is 0 Å². The van der Waals surface area contributed by atoms with Gasteiger partial charge in [-0.15, -0.1) is 11.3 Å². The van der Waals surface area contributed by atoms with Gasteiger partial charge < -0.3 is 18.8 Å². The third-order valence-corrected chi connectivity index (χ3v) is 5.18. The number of para-hydroxylation sites is 1. The molecule has 0 N–H and O–H groups in total. The van der Waals surface area contributed by atoms with Gasteiger partial charge >= 0.3 is 5.97 Å². The maximum atomic E-state index is 12.3. The lowest BCUT2D eigenvalue weighted by molar-refractivity contribution is -0.151. The minimum atomic E-state index is -0.529. The molecule has 0 aliphatic heterocycles. The Labute approximate surface area is 172 Å². The number of rotatable bonds is 8. The molecule has 0 aliphatic rings. The van der Waals surface area contributed by atoms with Gasteiger partial charge in [0.25, 0.3) is 5.91 Å².